The molecule has 0 spiro atoms. The second-order valence-corrected chi connectivity index (χ2v) is 3.30. The Morgan fingerprint density at radius 3 is 2.79 bits per heavy atom. The standard InChI is InChI=1S/C8H5N5S/c9-5-6-7(11-2-1-10-6)14-8-12-3-4-13-8/h1-4H,(H,12,13). The zero-order valence-electron chi connectivity index (χ0n) is 7.01. The molecule has 5 nitrogen and oxygen atoms in total. The van der Waals surface area contributed by atoms with E-state index in [4.69, 9.17) is 5.26 Å². The molecule has 0 bridgehead atoms. The van der Waals surface area contributed by atoms with Crippen molar-refractivity contribution in [2.24, 2.45) is 0 Å². The van der Waals surface area contributed by atoms with Gasteiger partial charge in [-0.3, -0.25) is 0 Å². The van der Waals surface area contributed by atoms with E-state index in [1.807, 2.05) is 6.07 Å². The lowest BCUT2D eigenvalue weighted by atomic mass is 10.5. The van der Waals surface area contributed by atoms with Gasteiger partial charge >= 0.3 is 0 Å². The average molecular weight is 203 g/mol. The molecule has 68 valence electrons. The van der Waals surface area contributed by atoms with Gasteiger partial charge in [0.15, 0.2) is 10.9 Å². The van der Waals surface area contributed by atoms with Gasteiger partial charge in [0.05, 0.1) is 0 Å². The molecular formula is C8H5N5S. The Bertz CT molecular complexity index is 459. The van der Waals surface area contributed by atoms with Crippen molar-refractivity contribution in [1.29, 1.82) is 5.26 Å². The molecule has 0 radical (unpaired) electrons. The Morgan fingerprint density at radius 2 is 2.07 bits per heavy atom. The first-order valence-electron chi connectivity index (χ1n) is 3.78. The number of nitriles is 1. The molecule has 0 aliphatic carbocycles. The molecule has 14 heavy (non-hydrogen) atoms. The van der Waals surface area contributed by atoms with E-state index in [0.29, 0.717) is 15.9 Å². The van der Waals surface area contributed by atoms with Crippen molar-refractivity contribution >= 4 is 11.8 Å². The second-order valence-electron chi connectivity index (χ2n) is 2.32. The molecule has 2 rings (SSSR count). The highest BCUT2D eigenvalue weighted by molar-refractivity contribution is 7.99. The molecule has 2 aromatic heterocycles. The lowest BCUT2D eigenvalue weighted by Gasteiger charge is -1.97. The van der Waals surface area contributed by atoms with Crippen molar-refractivity contribution in [1.82, 2.24) is 19.9 Å². The van der Waals surface area contributed by atoms with Gasteiger partial charge in [0.25, 0.3) is 0 Å². The Balaban J connectivity index is 2.30. The van der Waals surface area contributed by atoms with Crippen LogP contribution in [0.15, 0.2) is 35.0 Å². The van der Waals surface area contributed by atoms with Crippen LogP contribution in [0.4, 0.5) is 0 Å². The summed E-state index contributed by atoms with van der Waals surface area (Å²) in [6, 6.07) is 1.97. The van der Waals surface area contributed by atoms with Crippen LogP contribution in [0, 0.1) is 11.3 Å². The summed E-state index contributed by atoms with van der Waals surface area (Å²) in [5.74, 6) is 0. The van der Waals surface area contributed by atoms with E-state index in [1.54, 1.807) is 18.6 Å². The maximum Gasteiger partial charge on any atom is 0.173 e. The lowest BCUT2D eigenvalue weighted by Crippen LogP contribution is -1.89. The second kappa shape index (κ2) is 3.89. The topological polar surface area (TPSA) is 78.2 Å². The van der Waals surface area contributed by atoms with Gasteiger partial charge in [-0.2, -0.15) is 5.26 Å². The summed E-state index contributed by atoms with van der Waals surface area (Å²) in [6.07, 6.45) is 6.40. The van der Waals surface area contributed by atoms with Crippen LogP contribution in [0.5, 0.6) is 0 Å². The van der Waals surface area contributed by atoms with E-state index in [0.717, 1.165) is 0 Å². The average Bonchev–Trinajstić information content (AvgIpc) is 2.71. The first-order chi connectivity index (χ1) is 6.90. The van der Waals surface area contributed by atoms with E-state index in [2.05, 4.69) is 19.9 Å². The molecule has 0 amide bonds. The van der Waals surface area contributed by atoms with Crippen molar-refractivity contribution in [2.75, 3.05) is 0 Å². The number of nitrogens with one attached hydrogen (secondary N) is 1. The molecule has 6 heteroatoms. The molecule has 0 fully saturated rings. The lowest BCUT2D eigenvalue weighted by molar-refractivity contribution is 0.999. The number of aromatic nitrogens is 4. The maximum atomic E-state index is 8.75. The molecule has 2 heterocycles. The van der Waals surface area contributed by atoms with Crippen molar-refractivity contribution in [3.63, 3.8) is 0 Å². The number of imidazole rings is 1. The summed E-state index contributed by atoms with van der Waals surface area (Å²) in [7, 11) is 0. The van der Waals surface area contributed by atoms with Gasteiger partial charge in [-0.15, -0.1) is 0 Å². The van der Waals surface area contributed by atoms with Gasteiger partial charge in [0.2, 0.25) is 0 Å². The van der Waals surface area contributed by atoms with Crippen LogP contribution in [-0.2, 0) is 0 Å². The van der Waals surface area contributed by atoms with Crippen LogP contribution < -0.4 is 0 Å². The van der Waals surface area contributed by atoms with Crippen LogP contribution in [-0.4, -0.2) is 19.9 Å². The van der Waals surface area contributed by atoms with Crippen LogP contribution >= 0.6 is 11.8 Å². The summed E-state index contributed by atoms with van der Waals surface area (Å²) in [5, 5.41) is 10.0. The Labute approximate surface area is 84.2 Å². The van der Waals surface area contributed by atoms with Crippen LogP contribution in [0.3, 0.4) is 0 Å². The number of nitrogens with zero attached hydrogens (tertiary/aromatic N) is 4. The summed E-state index contributed by atoms with van der Waals surface area (Å²) in [4.78, 5) is 14.9. The Kier molecular flexibility index (Phi) is 2.42. The summed E-state index contributed by atoms with van der Waals surface area (Å²) in [5.41, 5.74) is 0.314. The number of H-pyrrole nitrogens is 1. The van der Waals surface area contributed by atoms with Crippen LogP contribution in [0.25, 0.3) is 0 Å². The predicted molar refractivity (Wildman–Crippen MR) is 49.5 cm³/mol. The first kappa shape index (κ1) is 8.72. The molecule has 0 saturated heterocycles. The van der Waals surface area contributed by atoms with E-state index < -0.39 is 0 Å². The highest BCUT2D eigenvalue weighted by Gasteiger charge is 2.06. The van der Waals surface area contributed by atoms with Gasteiger partial charge in [0, 0.05) is 24.8 Å². The predicted octanol–water partition coefficient (Wildman–Crippen LogP) is 1.22. The highest BCUT2D eigenvalue weighted by Crippen LogP contribution is 2.23. The maximum absolute atomic E-state index is 8.75. The summed E-state index contributed by atoms with van der Waals surface area (Å²) >= 11 is 1.28. The molecular weight excluding hydrogens is 198 g/mol. The molecule has 0 atom stereocenters. The fourth-order valence-corrected chi connectivity index (χ4v) is 1.61. The van der Waals surface area contributed by atoms with Gasteiger partial charge in [-0.1, -0.05) is 0 Å². The zero-order valence-corrected chi connectivity index (χ0v) is 7.82. The van der Waals surface area contributed by atoms with Crippen LogP contribution in [0.1, 0.15) is 5.69 Å². The third kappa shape index (κ3) is 1.72. The van der Waals surface area contributed by atoms with Crippen molar-refractivity contribution in [3.8, 4) is 6.07 Å². The van der Waals surface area contributed by atoms with Gasteiger partial charge in [-0.25, -0.2) is 15.0 Å². The largest absolute Gasteiger partial charge is 0.339 e. The third-order valence-electron chi connectivity index (χ3n) is 1.44. The van der Waals surface area contributed by atoms with E-state index >= 15 is 0 Å². The number of hydrogen-bond acceptors (Lipinski definition) is 5. The highest BCUT2D eigenvalue weighted by atomic mass is 32.2. The zero-order chi connectivity index (χ0) is 9.80. The Morgan fingerprint density at radius 1 is 1.21 bits per heavy atom. The van der Waals surface area contributed by atoms with E-state index in [1.165, 1.54) is 18.0 Å². The molecule has 0 saturated carbocycles. The van der Waals surface area contributed by atoms with Crippen LogP contribution in [0.2, 0.25) is 0 Å². The number of rotatable bonds is 2. The molecule has 0 aliphatic heterocycles. The van der Waals surface area contributed by atoms with E-state index in [-0.39, 0.29) is 0 Å². The summed E-state index contributed by atoms with van der Waals surface area (Å²) < 4.78 is 0. The SMILES string of the molecule is N#Cc1nccnc1Sc1ncc[nH]1. The molecule has 0 unspecified atom stereocenters. The van der Waals surface area contributed by atoms with Crippen molar-refractivity contribution in [3.05, 3.63) is 30.5 Å². The van der Waals surface area contributed by atoms with Crippen molar-refractivity contribution < 1.29 is 0 Å². The minimum Gasteiger partial charge on any atom is -0.339 e. The van der Waals surface area contributed by atoms with E-state index in [9.17, 15) is 0 Å². The minimum absolute atomic E-state index is 0.314. The monoisotopic (exact) mass is 203 g/mol. The van der Waals surface area contributed by atoms with Crippen molar-refractivity contribution in [2.45, 2.75) is 10.2 Å². The molecule has 0 aromatic carbocycles. The third-order valence-corrected chi connectivity index (χ3v) is 2.35. The summed E-state index contributed by atoms with van der Waals surface area (Å²) in [6.45, 7) is 0. The first-order valence-corrected chi connectivity index (χ1v) is 4.60. The molecule has 0 aliphatic rings. The normalized spacial score (nSPS) is 9.64. The minimum atomic E-state index is 0.314. The fourth-order valence-electron chi connectivity index (χ4n) is 0.875. The smallest absolute Gasteiger partial charge is 0.173 e. The van der Waals surface area contributed by atoms with Gasteiger partial charge < -0.3 is 4.98 Å². The molecule has 1 N–H and O–H groups in total. The Hall–Kier alpha value is -1.87. The quantitative estimate of drug-likeness (QED) is 0.794. The molecule has 2 aromatic rings. The fraction of sp³-hybridized carbons (Fsp3) is 0. The number of hydrogen-bond donors (Lipinski definition) is 1. The number of aromatic amines is 1. The van der Waals surface area contributed by atoms with Gasteiger partial charge in [-0.05, 0) is 11.8 Å². The van der Waals surface area contributed by atoms with Gasteiger partial charge in [0.1, 0.15) is 11.1 Å².